The quantitative estimate of drug-likeness (QED) is 0.825. The molecule has 1 aliphatic carbocycles. The summed E-state index contributed by atoms with van der Waals surface area (Å²) in [6.07, 6.45) is 0.373. The van der Waals surface area contributed by atoms with Crippen LogP contribution in [0.4, 0.5) is 4.39 Å². The van der Waals surface area contributed by atoms with Crippen LogP contribution in [0.1, 0.15) is 12.0 Å². The Hall–Kier alpha value is -1.91. The van der Waals surface area contributed by atoms with Crippen molar-refractivity contribution in [1.82, 2.24) is 5.32 Å². The second kappa shape index (κ2) is 4.53. The molecule has 2 atom stereocenters. The van der Waals surface area contributed by atoms with Gasteiger partial charge in [0.2, 0.25) is 5.91 Å². The predicted molar refractivity (Wildman–Crippen MR) is 57.5 cm³/mol. The van der Waals surface area contributed by atoms with Gasteiger partial charge in [-0.1, -0.05) is 18.2 Å². The molecule has 1 aliphatic rings. The van der Waals surface area contributed by atoms with E-state index < -0.39 is 17.8 Å². The van der Waals surface area contributed by atoms with Crippen molar-refractivity contribution in [1.29, 1.82) is 0 Å². The van der Waals surface area contributed by atoms with Gasteiger partial charge in [0.15, 0.2) is 0 Å². The van der Waals surface area contributed by atoms with Gasteiger partial charge in [-0.25, -0.2) is 4.39 Å². The number of hydrogen-bond acceptors (Lipinski definition) is 2. The third-order valence-corrected chi connectivity index (χ3v) is 2.86. The van der Waals surface area contributed by atoms with E-state index in [9.17, 15) is 14.0 Å². The molecule has 0 bridgehead atoms. The molecule has 17 heavy (non-hydrogen) atoms. The van der Waals surface area contributed by atoms with Crippen LogP contribution in [0.5, 0.6) is 0 Å². The third kappa shape index (κ3) is 2.61. The fraction of sp³-hybridized carbons (Fsp3) is 0.333. The number of halogens is 1. The van der Waals surface area contributed by atoms with Crippen molar-refractivity contribution in [3.63, 3.8) is 0 Å². The van der Waals surface area contributed by atoms with E-state index in [0.29, 0.717) is 12.0 Å². The standard InChI is InChI=1S/C12H12FNO3/c13-10-4-2-1-3-7(10)6-14-11(15)8-5-9(8)12(16)17/h1-4,8-9H,5-6H2,(H,14,15)(H,16,17). The minimum atomic E-state index is -0.948. The zero-order chi connectivity index (χ0) is 12.4. The van der Waals surface area contributed by atoms with Gasteiger partial charge in [0.05, 0.1) is 11.8 Å². The number of nitrogens with one attached hydrogen (secondary N) is 1. The van der Waals surface area contributed by atoms with E-state index in [2.05, 4.69) is 5.32 Å². The Morgan fingerprint density at radius 3 is 2.65 bits per heavy atom. The number of carboxylic acids is 1. The molecule has 0 aliphatic heterocycles. The van der Waals surface area contributed by atoms with Crippen LogP contribution in [-0.4, -0.2) is 17.0 Å². The molecule has 1 amide bonds. The molecule has 5 heteroatoms. The molecule has 2 rings (SSSR count). The lowest BCUT2D eigenvalue weighted by molar-refractivity contribution is -0.140. The number of benzene rings is 1. The normalized spacial score (nSPS) is 21.9. The molecule has 0 radical (unpaired) electrons. The van der Waals surface area contributed by atoms with E-state index in [1.165, 1.54) is 6.07 Å². The molecule has 0 spiro atoms. The Labute approximate surface area is 97.4 Å². The largest absolute Gasteiger partial charge is 0.481 e. The molecule has 0 saturated heterocycles. The van der Waals surface area contributed by atoms with Crippen molar-refractivity contribution in [2.45, 2.75) is 13.0 Å². The lowest BCUT2D eigenvalue weighted by Gasteiger charge is -2.05. The number of aliphatic carboxylic acids is 1. The highest BCUT2D eigenvalue weighted by Crippen LogP contribution is 2.38. The topological polar surface area (TPSA) is 66.4 Å². The highest BCUT2D eigenvalue weighted by atomic mass is 19.1. The molecule has 90 valence electrons. The summed E-state index contributed by atoms with van der Waals surface area (Å²) in [5.41, 5.74) is 0.397. The van der Waals surface area contributed by atoms with Crippen LogP contribution in [-0.2, 0) is 16.1 Å². The zero-order valence-corrected chi connectivity index (χ0v) is 9.02. The minimum Gasteiger partial charge on any atom is -0.481 e. The van der Waals surface area contributed by atoms with Crippen LogP contribution < -0.4 is 5.32 Å². The van der Waals surface area contributed by atoms with Crippen LogP contribution in [0.2, 0.25) is 0 Å². The zero-order valence-electron chi connectivity index (χ0n) is 9.02. The van der Waals surface area contributed by atoms with Crippen molar-refractivity contribution in [3.05, 3.63) is 35.6 Å². The maximum absolute atomic E-state index is 13.2. The second-order valence-electron chi connectivity index (χ2n) is 4.10. The first-order valence-corrected chi connectivity index (χ1v) is 5.33. The summed E-state index contributed by atoms with van der Waals surface area (Å²) in [6, 6.07) is 6.15. The molecule has 1 saturated carbocycles. The smallest absolute Gasteiger partial charge is 0.307 e. The van der Waals surface area contributed by atoms with Crippen LogP contribution in [0.15, 0.2) is 24.3 Å². The van der Waals surface area contributed by atoms with Crippen molar-refractivity contribution in [3.8, 4) is 0 Å². The van der Waals surface area contributed by atoms with Gasteiger partial charge >= 0.3 is 5.97 Å². The fourth-order valence-corrected chi connectivity index (χ4v) is 1.71. The highest BCUT2D eigenvalue weighted by molar-refractivity contribution is 5.89. The average molecular weight is 237 g/mol. The number of hydrogen-bond donors (Lipinski definition) is 2. The van der Waals surface area contributed by atoms with Gasteiger partial charge in [-0.3, -0.25) is 9.59 Å². The summed E-state index contributed by atoms with van der Waals surface area (Å²) < 4.78 is 13.2. The number of amides is 1. The molecule has 2 N–H and O–H groups in total. The first kappa shape index (κ1) is 11.6. The van der Waals surface area contributed by atoms with Crippen LogP contribution in [0, 0.1) is 17.7 Å². The van der Waals surface area contributed by atoms with Crippen molar-refractivity contribution >= 4 is 11.9 Å². The molecular weight excluding hydrogens is 225 g/mol. The number of carbonyl (C=O) groups is 2. The van der Waals surface area contributed by atoms with E-state index in [0.717, 1.165) is 0 Å². The predicted octanol–water partition coefficient (Wildman–Crippen LogP) is 1.16. The van der Waals surface area contributed by atoms with Crippen molar-refractivity contribution in [2.75, 3.05) is 0 Å². The SMILES string of the molecule is O=C(O)C1CC1C(=O)NCc1ccccc1F. The van der Waals surface area contributed by atoms with Crippen molar-refractivity contribution < 1.29 is 19.1 Å². The van der Waals surface area contributed by atoms with E-state index in [1.807, 2.05) is 0 Å². The molecular formula is C12H12FNO3. The van der Waals surface area contributed by atoms with Gasteiger partial charge < -0.3 is 10.4 Å². The molecule has 2 unspecified atom stereocenters. The van der Waals surface area contributed by atoms with Gasteiger partial charge in [0.1, 0.15) is 5.82 Å². The molecule has 4 nitrogen and oxygen atoms in total. The Balaban J connectivity index is 1.86. The summed E-state index contributed by atoms with van der Waals surface area (Å²) >= 11 is 0. The Morgan fingerprint density at radius 2 is 2.06 bits per heavy atom. The van der Waals surface area contributed by atoms with Crippen molar-refractivity contribution in [2.24, 2.45) is 11.8 Å². The maximum atomic E-state index is 13.2. The summed E-state index contributed by atoms with van der Waals surface area (Å²) in [4.78, 5) is 22.1. The maximum Gasteiger partial charge on any atom is 0.307 e. The molecule has 1 aromatic rings. The van der Waals surface area contributed by atoms with Crippen LogP contribution in [0.25, 0.3) is 0 Å². The Bertz CT molecular complexity index is 461. The lowest BCUT2D eigenvalue weighted by Crippen LogP contribution is -2.26. The first-order chi connectivity index (χ1) is 8.09. The van der Waals surface area contributed by atoms with E-state index in [1.54, 1.807) is 18.2 Å². The molecule has 1 aromatic carbocycles. The summed E-state index contributed by atoms with van der Waals surface area (Å²) in [5, 5.41) is 11.2. The van der Waals surface area contributed by atoms with E-state index in [4.69, 9.17) is 5.11 Å². The second-order valence-corrected chi connectivity index (χ2v) is 4.10. The number of carboxylic acid groups (broad SMARTS) is 1. The lowest BCUT2D eigenvalue weighted by atomic mass is 10.2. The molecule has 0 aromatic heterocycles. The number of carbonyl (C=O) groups excluding carboxylic acids is 1. The Morgan fingerprint density at radius 1 is 1.35 bits per heavy atom. The highest BCUT2D eigenvalue weighted by Gasteiger charge is 2.48. The van der Waals surface area contributed by atoms with Gasteiger partial charge in [-0.05, 0) is 12.5 Å². The summed E-state index contributed by atoms with van der Waals surface area (Å²) in [5.74, 6) is -2.68. The van der Waals surface area contributed by atoms with E-state index >= 15 is 0 Å². The molecule has 0 heterocycles. The van der Waals surface area contributed by atoms with Gasteiger partial charge in [-0.15, -0.1) is 0 Å². The average Bonchev–Trinajstić information content (AvgIpc) is 3.07. The number of rotatable bonds is 4. The minimum absolute atomic E-state index is 0.0916. The monoisotopic (exact) mass is 237 g/mol. The van der Waals surface area contributed by atoms with Gasteiger partial charge in [0, 0.05) is 12.1 Å². The van der Waals surface area contributed by atoms with Gasteiger partial charge in [-0.2, -0.15) is 0 Å². The fourth-order valence-electron chi connectivity index (χ4n) is 1.71. The third-order valence-electron chi connectivity index (χ3n) is 2.86. The summed E-state index contributed by atoms with van der Waals surface area (Å²) in [6.45, 7) is 0.0916. The van der Waals surface area contributed by atoms with Crippen LogP contribution >= 0.6 is 0 Å². The van der Waals surface area contributed by atoms with E-state index in [-0.39, 0.29) is 18.3 Å². The van der Waals surface area contributed by atoms with Gasteiger partial charge in [0.25, 0.3) is 0 Å². The molecule has 1 fully saturated rings. The first-order valence-electron chi connectivity index (χ1n) is 5.33. The summed E-state index contributed by atoms with van der Waals surface area (Å²) in [7, 11) is 0. The Kier molecular flexibility index (Phi) is 3.08. The van der Waals surface area contributed by atoms with Crippen LogP contribution in [0.3, 0.4) is 0 Å².